The van der Waals surface area contributed by atoms with E-state index in [2.05, 4.69) is 59.1 Å². The van der Waals surface area contributed by atoms with Crippen LogP contribution in [0, 0.1) is 29.1 Å². The lowest BCUT2D eigenvalue weighted by atomic mass is 9.80. The molecule has 2 saturated carbocycles. The molecule has 3 heterocycles. The van der Waals surface area contributed by atoms with Crippen LogP contribution in [0.25, 0.3) is 11.2 Å². The van der Waals surface area contributed by atoms with Gasteiger partial charge in [-0.1, -0.05) is 56.5 Å². The third-order valence-corrected chi connectivity index (χ3v) is 8.90. The highest BCUT2D eigenvalue weighted by atomic mass is 16.5. The van der Waals surface area contributed by atoms with Crippen LogP contribution >= 0.6 is 0 Å². The van der Waals surface area contributed by atoms with Gasteiger partial charge >= 0.3 is 0 Å². The molecule has 1 aromatic carbocycles. The van der Waals surface area contributed by atoms with Crippen molar-refractivity contribution in [3.05, 3.63) is 47.5 Å². The molecule has 1 unspecified atom stereocenters. The normalized spacial score (nSPS) is 27.1. The fourth-order valence-electron chi connectivity index (χ4n) is 6.26. The third-order valence-electron chi connectivity index (χ3n) is 8.90. The average Bonchev–Trinajstić information content (AvgIpc) is 3.17. The minimum absolute atomic E-state index is 0.164. The second-order valence-electron chi connectivity index (χ2n) is 11.3. The Morgan fingerprint density at radius 1 is 1.11 bits per heavy atom. The number of benzene rings is 1. The molecule has 0 spiro atoms. The van der Waals surface area contributed by atoms with Gasteiger partial charge in [0.1, 0.15) is 17.4 Å². The number of hydrogen-bond donors (Lipinski definition) is 1. The standard InChI is InChI=1S/C29H36N6O/c1-19-11-13-21(14-12-19)18-35-25-26(31-20(2)22-7-6-8-22)32-24(17-30)33-27(25)34-28(35)29(15-16-36-29)23-9-4-3-5-10-23/h3-5,9-10,19-22H,6-8,11-16,18H2,1-2H3,(H,31,32,33)/t19-,20-,21-,29?/m1/s1. The van der Waals surface area contributed by atoms with E-state index >= 15 is 0 Å². The molecule has 2 aromatic heterocycles. The van der Waals surface area contributed by atoms with E-state index in [4.69, 9.17) is 14.7 Å². The van der Waals surface area contributed by atoms with Crippen molar-refractivity contribution in [1.82, 2.24) is 19.5 Å². The number of anilines is 1. The number of hydrogen-bond acceptors (Lipinski definition) is 6. The third kappa shape index (κ3) is 4.06. The second-order valence-corrected chi connectivity index (χ2v) is 11.3. The van der Waals surface area contributed by atoms with Gasteiger partial charge in [0.05, 0.1) is 6.61 Å². The van der Waals surface area contributed by atoms with Crippen molar-refractivity contribution >= 4 is 17.0 Å². The highest BCUT2D eigenvalue weighted by molar-refractivity contribution is 5.85. The zero-order chi connectivity index (χ0) is 24.7. The molecule has 0 bridgehead atoms. The molecule has 0 amide bonds. The largest absolute Gasteiger partial charge is 0.365 e. The number of nitrogens with one attached hydrogen (secondary N) is 1. The molecular formula is C29H36N6O. The van der Waals surface area contributed by atoms with Gasteiger partial charge in [-0.3, -0.25) is 0 Å². The molecule has 188 valence electrons. The van der Waals surface area contributed by atoms with Crippen LogP contribution in [0.15, 0.2) is 30.3 Å². The number of fused-ring (bicyclic) bond motifs is 1. The maximum atomic E-state index is 9.72. The molecule has 3 aromatic rings. The highest BCUT2D eigenvalue weighted by Gasteiger charge is 2.47. The van der Waals surface area contributed by atoms with Crippen molar-refractivity contribution in [2.24, 2.45) is 17.8 Å². The number of nitrogens with zero attached hydrogens (tertiary/aromatic N) is 5. The van der Waals surface area contributed by atoms with E-state index in [0.717, 1.165) is 41.6 Å². The van der Waals surface area contributed by atoms with Gasteiger partial charge in [0.15, 0.2) is 17.1 Å². The van der Waals surface area contributed by atoms with E-state index in [-0.39, 0.29) is 11.9 Å². The van der Waals surface area contributed by atoms with E-state index < -0.39 is 5.60 Å². The van der Waals surface area contributed by atoms with Crippen molar-refractivity contribution in [2.45, 2.75) is 83.4 Å². The Labute approximate surface area is 213 Å². The SMILES string of the molecule is C[C@@H](Nc1nc(C#N)nc2nc(C3(c4ccccc4)CCO3)n(C[C@H]3CC[C@H](C)CC3)c12)C1CCC1. The first-order valence-corrected chi connectivity index (χ1v) is 13.7. The number of nitriles is 1. The number of aromatic nitrogens is 4. The molecule has 7 heteroatoms. The second kappa shape index (κ2) is 9.48. The quantitative estimate of drug-likeness (QED) is 0.457. The van der Waals surface area contributed by atoms with Gasteiger partial charge in [0.2, 0.25) is 5.82 Å². The van der Waals surface area contributed by atoms with Crippen molar-refractivity contribution in [1.29, 1.82) is 5.26 Å². The van der Waals surface area contributed by atoms with Gasteiger partial charge in [0.25, 0.3) is 0 Å². The predicted molar refractivity (Wildman–Crippen MR) is 139 cm³/mol. The smallest absolute Gasteiger partial charge is 0.236 e. The summed E-state index contributed by atoms with van der Waals surface area (Å²) in [5.41, 5.74) is 2.04. The van der Waals surface area contributed by atoms with Crippen LogP contribution in [0.1, 0.15) is 82.4 Å². The lowest BCUT2D eigenvalue weighted by Crippen LogP contribution is -2.44. The number of ether oxygens (including phenoxy) is 1. The van der Waals surface area contributed by atoms with Crippen molar-refractivity contribution in [3.8, 4) is 6.07 Å². The first-order chi connectivity index (χ1) is 17.6. The fraction of sp³-hybridized carbons (Fsp3) is 0.586. The minimum atomic E-state index is -0.590. The van der Waals surface area contributed by atoms with Crippen molar-refractivity contribution < 1.29 is 4.74 Å². The molecule has 1 aliphatic heterocycles. The summed E-state index contributed by atoms with van der Waals surface area (Å²) in [6, 6.07) is 12.9. The average molecular weight is 485 g/mol. The summed E-state index contributed by atoms with van der Waals surface area (Å²) in [4.78, 5) is 14.4. The Hall–Kier alpha value is -2.98. The molecule has 2 atom stereocenters. The lowest BCUT2D eigenvalue weighted by Gasteiger charge is -2.42. The summed E-state index contributed by atoms with van der Waals surface area (Å²) in [5.74, 6) is 3.82. The van der Waals surface area contributed by atoms with Crippen LogP contribution in [-0.4, -0.2) is 32.2 Å². The highest BCUT2D eigenvalue weighted by Crippen LogP contribution is 2.45. The predicted octanol–water partition coefficient (Wildman–Crippen LogP) is 5.79. The molecule has 3 fully saturated rings. The minimum Gasteiger partial charge on any atom is -0.365 e. The van der Waals surface area contributed by atoms with Crippen molar-refractivity contribution in [3.63, 3.8) is 0 Å². The molecular weight excluding hydrogens is 448 g/mol. The summed E-state index contributed by atoms with van der Waals surface area (Å²) in [5, 5.41) is 13.4. The molecule has 1 N–H and O–H groups in total. The van der Waals surface area contributed by atoms with Crippen LogP contribution in [0.4, 0.5) is 5.82 Å². The summed E-state index contributed by atoms with van der Waals surface area (Å²) >= 11 is 0. The molecule has 7 nitrogen and oxygen atoms in total. The molecule has 2 aliphatic carbocycles. The zero-order valence-corrected chi connectivity index (χ0v) is 21.4. The summed E-state index contributed by atoms with van der Waals surface area (Å²) in [6.07, 6.45) is 9.63. The Balaban J connectivity index is 1.50. The van der Waals surface area contributed by atoms with E-state index in [1.54, 1.807) is 0 Å². The van der Waals surface area contributed by atoms with Crippen LogP contribution in [0.3, 0.4) is 0 Å². The van der Waals surface area contributed by atoms with E-state index in [9.17, 15) is 5.26 Å². The lowest BCUT2D eigenvalue weighted by molar-refractivity contribution is -0.131. The summed E-state index contributed by atoms with van der Waals surface area (Å²) in [7, 11) is 0. The van der Waals surface area contributed by atoms with E-state index in [1.807, 2.05) is 6.07 Å². The van der Waals surface area contributed by atoms with Crippen LogP contribution in [0.2, 0.25) is 0 Å². The zero-order valence-electron chi connectivity index (χ0n) is 21.4. The summed E-state index contributed by atoms with van der Waals surface area (Å²) < 4.78 is 8.74. The topological polar surface area (TPSA) is 88.7 Å². The summed E-state index contributed by atoms with van der Waals surface area (Å²) in [6.45, 7) is 6.17. The number of imidazole rings is 1. The van der Waals surface area contributed by atoms with Crippen LogP contribution in [-0.2, 0) is 16.9 Å². The van der Waals surface area contributed by atoms with Crippen LogP contribution < -0.4 is 5.32 Å². The van der Waals surface area contributed by atoms with E-state index in [0.29, 0.717) is 24.1 Å². The maximum absolute atomic E-state index is 9.72. The van der Waals surface area contributed by atoms with Crippen LogP contribution in [0.5, 0.6) is 0 Å². The Morgan fingerprint density at radius 2 is 1.86 bits per heavy atom. The van der Waals surface area contributed by atoms with E-state index in [1.165, 1.54) is 44.9 Å². The Morgan fingerprint density at radius 3 is 2.47 bits per heavy atom. The molecule has 0 radical (unpaired) electrons. The first kappa shape index (κ1) is 23.4. The first-order valence-electron chi connectivity index (χ1n) is 13.7. The van der Waals surface area contributed by atoms with Gasteiger partial charge in [-0.15, -0.1) is 0 Å². The fourth-order valence-corrected chi connectivity index (χ4v) is 6.26. The van der Waals surface area contributed by atoms with Gasteiger partial charge in [0, 0.05) is 19.0 Å². The maximum Gasteiger partial charge on any atom is 0.236 e. The number of rotatable bonds is 7. The molecule has 1 saturated heterocycles. The van der Waals surface area contributed by atoms with Gasteiger partial charge in [-0.05, 0) is 55.9 Å². The molecule has 6 rings (SSSR count). The monoisotopic (exact) mass is 484 g/mol. The van der Waals surface area contributed by atoms with Crippen molar-refractivity contribution in [2.75, 3.05) is 11.9 Å². The Kier molecular flexibility index (Phi) is 6.17. The van der Waals surface area contributed by atoms with Gasteiger partial charge < -0.3 is 14.6 Å². The van der Waals surface area contributed by atoms with Gasteiger partial charge in [-0.2, -0.15) is 15.2 Å². The molecule has 36 heavy (non-hydrogen) atoms. The van der Waals surface area contributed by atoms with Gasteiger partial charge in [-0.25, -0.2) is 4.98 Å². The Bertz CT molecular complexity index is 1260. The molecule has 3 aliphatic rings.